The third-order valence-corrected chi connectivity index (χ3v) is 4.70. The van der Waals surface area contributed by atoms with Crippen LogP contribution in [0.25, 0.3) is 11.3 Å². The van der Waals surface area contributed by atoms with Crippen LogP contribution in [0, 0.1) is 0 Å². The first-order chi connectivity index (χ1) is 12.6. The fraction of sp³-hybridized carbons (Fsp3) is 0.333. The molecule has 1 heterocycles. The van der Waals surface area contributed by atoms with E-state index >= 15 is 0 Å². The minimum Gasteiger partial charge on any atom is -0.451 e. The Kier molecular flexibility index (Phi) is 5.56. The number of nitrogens with one attached hydrogen (secondary N) is 2. The summed E-state index contributed by atoms with van der Waals surface area (Å²) < 4.78 is 5.58. The summed E-state index contributed by atoms with van der Waals surface area (Å²) in [7, 11) is 1.55. The van der Waals surface area contributed by atoms with Crippen LogP contribution in [0.15, 0.2) is 52.5 Å². The van der Waals surface area contributed by atoms with Crippen LogP contribution in [-0.4, -0.2) is 24.9 Å². The molecule has 0 unspecified atom stereocenters. The highest BCUT2D eigenvalue weighted by molar-refractivity contribution is 5.96. The molecule has 0 spiro atoms. The maximum Gasteiger partial charge on any atom is 0.286 e. The molecule has 0 bridgehead atoms. The third kappa shape index (κ3) is 4.04. The molecule has 2 amide bonds. The van der Waals surface area contributed by atoms with Crippen LogP contribution in [0.5, 0.6) is 0 Å². The lowest BCUT2D eigenvalue weighted by Crippen LogP contribution is -2.34. The lowest BCUT2D eigenvalue weighted by Gasteiger charge is -2.21. The van der Waals surface area contributed by atoms with Crippen LogP contribution in [0.4, 0.5) is 0 Å². The number of carbonyl (C=O) groups excluding carboxylic acids is 2. The summed E-state index contributed by atoms with van der Waals surface area (Å²) in [6, 6.07) is 10.6. The molecule has 2 aromatic rings. The molecule has 5 heteroatoms. The highest BCUT2D eigenvalue weighted by Crippen LogP contribution is 2.24. The predicted octanol–water partition coefficient (Wildman–Crippen LogP) is 3.92. The molecule has 26 heavy (non-hydrogen) atoms. The topological polar surface area (TPSA) is 71.3 Å². The van der Waals surface area contributed by atoms with Gasteiger partial charge >= 0.3 is 0 Å². The Labute approximate surface area is 153 Å². The third-order valence-electron chi connectivity index (χ3n) is 4.70. The molecular weight excluding hydrogens is 328 g/mol. The van der Waals surface area contributed by atoms with Crippen molar-refractivity contribution >= 4 is 11.8 Å². The van der Waals surface area contributed by atoms with E-state index in [0.29, 0.717) is 11.3 Å². The molecule has 0 saturated heterocycles. The van der Waals surface area contributed by atoms with E-state index in [1.54, 1.807) is 31.3 Å². The van der Waals surface area contributed by atoms with E-state index in [1.807, 2.05) is 19.1 Å². The molecule has 1 aromatic carbocycles. The van der Waals surface area contributed by atoms with Crippen LogP contribution in [0.3, 0.4) is 0 Å². The fourth-order valence-corrected chi connectivity index (χ4v) is 3.18. The molecule has 1 aromatic heterocycles. The van der Waals surface area contributed by atoms with Gasteiger partial charge in [0.15, 0.2) is 5.76 Å². The van der Waals surface area contributed by atoms with Gasteiger partial charge in [0.1, 0.15) is 5.76 Å². The summed E-state index contributed by atoms with van der Waals surface area (Å²) in [5.74, 6) is 0.417. The molecule has 2 N–H and O–H groups in total. The number of rotatable bonds is 5. The second-order valence-corrected chi connectivity index (χ2v) is 6.54. The van der Waals surface area contributed by atoms with E-state index in [-0.39, 0.29) is 23.6 Å². The van der Waals surface area contributed by atoms with Crippen molar-refractivity contribution in [2.45, 2.75) is 38.6 Å². The number of benzene rings is 1. The Morgan fingerprint density at radius 2 is 1.96 bits per heavy atom. The molecule has 136 valence electrons. The first kappa shape index (κ1) is 18.0. The van der Waals surface area contributed by atoms with E-state index in [1.165, 1.54) is 18.4 Å². The Bertz CT molecular complexity index is 835. The van der Waals surface area contributed by atoms with Crippen LogP contribution in [0.1, 0.15) is 53.5 Å². The van der Waals surface area contributed by atoms with E-state index in [9.17, 15) is 9.59 Å². The van der Waals surface area contributed by atoms with E-state index in [4.69, 9.17) is 4.42 Å². The number of hydrogen-bond donors (Lipinski definition) is 2. The minimum absolute atomic E-state index is 0.0370. The first-order valence-electron chi connectivity index (χ1n) is 9.00. The Hall–Kier alpha value is -2.82. The Morgan fingerprint density at radius 1 is 1.12 bits per heavy atom. The normalized spacial score (nSPS) is 15.1. The Morgan fingerprint density at radius 3 is 2.69 bits per heavy atom. The number of furan rings is 1. The monoisotopic (exact) mass is 352 g/mol. The van der Waals surface area contributed by atoms with E-state index < -0.39 is 0 Å². The zero-order chi connectivity index (χ0) is 18.5. The summed E-state index contributed by atoms with van der Waals surface area (Å²) >= 11 is 0. The minimum atomic E-state index is -0.278. The van der Waals surface area contributed by atoms with Crippen molar-refractivity contribution < 1.29 is 14.0 Å². The summed E-state index contributed by atoms with van der Waals surface area (Å²) in [5, 5.41) is 5.60. The average molecular weight is 352 g/mol. The van der Waals surface area contributed by atoms with Gasteiger partial charge in [0.25, 0.3) is 11.8 Å². The van der Waals surface area contributed by atoms with Gasteiger partial charge in [0.2, 0.25) is 0 Å². The SMILES string of the molecule is CNC(=O)c1ccc(-c2cccc(C(=O)N[C@@H](C)C3=CCCCC3)c2)o1. The number of allylic oxidation sites excluding steroid dienone is 1. The molecule has 1 atom stereocenters. The van der Waals surface area contributed by atoms with Gasteiger partial charge in [-0.15, -0.1) is 0 Å². The quantitative estimate of drug-likeness (QED) is 0.801. The lowest BCUT2D eigenvalue weighted by atomic mass is 9.94. The molecule has 1 aliphatic carbocycles. The summed E-state index contributed by atoms with van der Waals surface area (Å²) in [5.41, 5.74) is 2.64. The molecular formula is C21H24N2O3. The van der Waals surface area contributed by atoms with Gasteiger partial charge in [-0.05, 0) is 56.9 Å². The zero-order valence-corrected chi connectivity index (χ0v) is 15.2. The van der Waals surface area contributed by atoms with E-state index in [2.05, 4.69) is 16.7 Å². The molecule has 5 nitrogen and oxygen atoms in total. The van der Waals surface area contributed by atoms with Crippen LogP contribution in [-0.2, 0) is 0 Å². The Balaban J connectivity index is 1.74. The van der Waals surface area contributed by atoms with Crippen LogP contribution >= 0.6 is 0 Å². The van der Waals surface area contributed by atoms with Gasteiger partial charge < -0.3 is 15.1 Å². The van der Waals surface area contributed by atoms with Gasteiger partial charge in [-0.25, -0.2) is 0 Å². The maximum atomic E-state index is 12.6. The molecule has 3 rings (SSSR count). The van der Waals surface area contributed by atoms with Crippen molar-refractivity contribution in [3.05, 3.63) is 59.4 Å². The second-order valence-electron chi connectivity index (χ2n) is 6.54. The predicted molar refractivity (Wildman–Crippen MR) is 101 cm³/mol. The number of carbonyl (C=O) groups is 2. The van der Waals surface area contributed by atoms with Crippen molar-refractivity contribution in [3.8, 4) is 11.3 Å². The molecule has 0 fully saturated rings. The summed E-state index contributed by atoms with van der Waals surface area (Å²) in [6.07, 6.45) is 6.81. The van der Waals surface area contributed by atoms with Gasteiger partial charge in [-0.3, -0.25) is 9.59 Å². The maximum absolute atomic E-state index is 12.6. The number of hydrogen-bond acceptors (Lipinski definition) is 3. The van der Waals surface area contributed by atoms with Crippen molar-refractivity contribution in [1.29, 1.82) is 0 Å². The van der Waals surface area contributed by atoms with Crippen molar-refractivity contribution in [1.82, 2.24) is 10.6 Å². The van der Waals surface area contributed by atoms with Crippen molar-refractivity contribution in [3.63, 3.8) is 0 Å². The molecule has 0 saturated carbocycles. The second kappa shape index (κ2) is 8.04. The first-order valence-corrected chi connectivity index (χ1v) is 9.00. The summed E-state index contributed by atoms with van der Waals surface area (Å²) in [4.78, 5) is 24.2. The summed E-state index contributed by atoms with van der Waals surface area (Å²) in [6.45, 7) is 2.03. The zero-order valence-electron chi connectivity index (χ0n) is 15.2. The smallest absolute Gasteiger partial charge is 0.286 e. The molecule has 1 aliphatic rings. The molecule has 0 aliphatic heterocycles. The van der Waals surface area contributed by atoms with Crippen molar-refractivity contribution in [2.75, 3.05) is 7.05 Å². The standard InChI is InChI=1S/C21H24N2O3/c1-14(15-7-4-3-5-8-15)23-20(24)17-10-6-9-16(13-17)18-11-12-19(26-18)21(25)22-2/h6-7,9-14H,3-5,8H2,1-2H3,(H,22,25)(H,23,24)/t14-/m0/s1. The van der Waals surface area contributed by atoms with E-state index in [0.717, 1.165) is 18.4 Å². The van der Waals surface area contributed by atoms with Gasteiger partial charge in [-0.1, -0.05) is 23.8 Å². The highest BCUT2D eigenvalue weighted by Gasteiger charge is 2.16. The number of amides is 2. The van der Waals surface area contributed by atoms with Gasteiger partial charge in [0.05, 0.1) is 0 Å². The van der Waals surface area contributed by atoms with Crippen LogP contribution < -0.4 is 10.6 Å². The van der Waals surface area contributed by atoms with Gasteiger partial charge in [0, 0.05) is 24.2 Å². The lowest BCUT2D eigenvalue weighted by molar-refractivity contribution is 0.0931. The fourth-order valence-electron chi connectivity index (χ4n) is 3.18. The van der Waals surface area contributed by atoms with Crippen LogP contribution in [0.2, 0.25) is 0 Å². The van der Waals surface area contributed by atoms with Gasteiger partial charge in [-0.2, -0.15) is 0 Å². The van der Waals surface area contributed by atoms with Crippen molar-refractivity contribution in [2.24, 2.45) is 0 Å². The average Bonchev–Trinajstić information content (AvgIpc) is 3.18. The highest BCUT2D eigenvalue weighted by atomic mass is 16.3. The largest absolute Gasteiger partial charge is 0.451 e. The molecule has 0 radical (unpaired) electrons.